The number of hydrogen-bond acceptors (Lipinski definition) is 4. The number of nitrogens with zero attached hydrogens (tertiary/aromatic N) is 1. The van der Waals surface area contributed by atoms with Crippen LogP contribution in [0.25, 0.3) is 11.5 Å². The van der Waals surface area contributed by atoms with Gasteiger partial charge in [0.2, 0.25) is 5.89 Å². The molecule has 1 heterocycles. The molecule has 0 saturated heterocycles. The first-order valence-corrected chi connectivity index (χ1v) is 8.18. The molecule has 0 atom stereocenters. The van der Waals surface area contributed by atoms with Gasteiger partial charge in [0.05, 0.1) is 11.3 Å². The van der Waals surface area contributed by atoms with Gasteiger partial charge in [-0.1, -0.05) is 43.9 Å². The summed E-state index contributed by atoms with van der Waals surface area (Å²) in [5.74, 6) is 0.644. The van der Waals surface area contributed by atoms with Crippen molar-refractivity contribution >= 4 is 0 Å². The molecule has 0 amide bonds. The minimum atomic E-state index is -0.553. The fraction of sp³-hybridized carbons (Fsp3) is 0.500. The first-order valence-electron chi connectivity index (χ1n) is 8.18. The fourth-order valence-electron chi connectivity index (χ4n) is 3.09. The van der Waals surface area contributed by atoms with E-state index < -0.39 is 5.60 Å². The van der Waals surface area contributed by atoms with Crippen LogP contribution in [0.2, 0.25) is 0 Å². The Morgan fingerprint density at radius 3 is 2.55 bits per heavy atom. The summed E-state index contributed by atoms with van der Waals surface area (Å²) < 4.78 is 5.52. The molecule has 1 aliphatic rings. The maximum atomic E-state index is 10.6. The summed E-state index contributed by atoms with van der Waals surface area (Å²) in [6.07, 6.45) is 8.22. The Kier molecular flexibility index (Phi) is 4.90. The summed E-state index contributed by atoms with van der Waals surface area (Å²) in [6, 6.07) is 9.88. The van der Waals surface area contributed by atoms with Gasteiger partial charge >= 0.3 is 0 Å². The number of rotatable bonds is 5. The zero-order valence-corrected chi connectivity index (χ0v) is 12.9. The highest BCUT2D eigenvalue weighted by Gasteiger charge is 2.27. The summed E-state index contributed by atoms with van der Waals surface area (Å²) in [4.78, 5) is 4.49. The normalized spacial score (nSPS) is 18.0. The van der Waals surface area contributed by atoms with Gasteiger partial charge in [0.25, 0.3) is 0 Å². The van der Waals surface area contributed by atoms with E-state index in [-0.39, 0.29) is 0 Å². The zero-order valence-electron chi connectivity index (χ0n) is 12.9. The molecule has 0 aliphatic heterocycles. The number of nitrogens with one attached hydrogen (secondary N) is 1. The highest BCUT2D eigenvalue weighted by atomic mass is 16.3. The second-order valence-corrected chi connectivity index (χ2v) is 6.25. The summed E-state index contributed by atoms with van der Waals surface area (Å²) in [5.41, 5.74) is 1.30. The average Bonchev–Trinajstić information content (AvgIpc) is 2.90. The van der Waals surface area contributed by atoms with Crippen LogP contribution in [0.5, 0.6) is 0 Å². The second kappa shape index (κ2) is 7.07. The monoisotopic (exact) mass is 300 g/mol. The molecule has 2 N–H and O–H groups in total. The number of hydrogen-bond donors (Lipinski definition) is 2. The molecule has 1 aromatic heterocycles. The van der Waals surface area contributed by atoms with Crippen LogP contribution < -0.4 is 5.32 Å². The largest absolute Gasteiger partial charge is 0.444 e. The SMILES string of the molecule is OC1(CNCc2coc(-c3ccccc3)n2)CCCCCC1. The average molecular weight is 300 g/mol. The molecule has 0 spiro atoms. The molecule has 2 aromatic rings. The van der Waals surface area contributed by atoms with E-state index in [9.17, 15) is 5.11 Å². The van der Waals surface area contributed by atoms with Crippen molar-refractivity contribution in [1.29, 1.82) is 0 Å². The van der Waals surface area contributed by atoms with Gasteiger partial charge < -0.3 is 14.8 Å². The number of aromatic nitrogens is 1. The molecule has 0 bridgehead atoms. The minimum Gasteiger partial charge on any atom is -0.444 e. The molecule has 0 radical (unpaired) electrons. The quantitative estimate of drug-likeness (QED) is 0.830. The van der Waals surface area contributed by atoms with Gasteiger partial charge in [-0.15, -0.1) is 0 Å². The standard InChI is InChI=1S/C18H24N2O2/c21-18(10-6-1-2-7-11-18)14-19-12-16-13-22-17(20-16)15-8-4-3-5-9-15/h3-5,8-9,13,19,21H,1-2,6-7,10-12,14H2. The first-order chi connectivity index (χ1) is 10.8. The molecular weight excluding hydrogens is 276 g/mol. The van der Waals surface area contributed by atoms with Crippen LogP contribution in [-0.4, -0.2) is 22.2 Å². The Morgan fingerprint density at radius 2 is 1.82 bits per heavy atom. The highest BCUT2D eigenvalue weighted by Crippen LogP contribution is 2.26. The van der Waals surface area contributed by atoms with Crippen LogP contribution in [-0.2, 0) is 6.54 Å². The first kappa shape index (κ1) is 15.3. The summed E-state index contributed by atoms with van der Waals surface area (Å²) in [6.45, 7) is 1.25. The van der Waals surface area contributed by atoms with Gasteiger partial charge in [0, 0.05) is 18.7 Å². The second-order valence-electron chi connectivity index (χ2n) is 6.25. The third-order valence-corrected chi connectivity index (χ3v) is 4.37. The molecule has 1 aromatic carbocycles. The Bertz CT molecular complexity index is 572. The van der Waals surface area contributed by atoms with Gasteiger partial charge in [-0.05, 0) is 25.0 Å². The molecule has 3 rings (SSSR count). The topological polar surface area (TPSA) is 58.3 Å². The number of aliphatic hydroxyl groups is 1. The maximum Gasteiger partial charge on any atom is 0.226 e. The van der Waals surface area contributed by atoms with Crippen LogP contribution in [0.3, 0.4) is 0 Å². The fourth-order valence-corrected chi connectivity index (χ4v) is 3.09. The lowest BCUT2D eigenvalue weighted by Gasteiger charge is -2.26. The van der Waals surface area contributed by atoms with E-state index in [4.69, 9.17) is 4.42 Å². The maximum absolute atomic E-state index is 10.6. The van der Waals surface area contributed by atoms with Crippen LogP contribution in [0.4, 0.5) is 0 Å². The summed E-state index contributed by atoms with van der Waals surface area (Å²) in [7, 11) is 0. The molecule has 4 heteroatoms. The highest BCUT2D eigenvalue weighted by molar-refractivity contribution is 5.52. The lowest BCUT2D eigenvalue weighted by atomic mass is 9.94. The molecule has 4 nitrogen and oxygen atoms in total. The van der Waals surface area contributed by atoms with Crippen molar-refractivity contribution in [2.75, 3.05) is 6.54 Å². The molecule has 0 unspecified atom stereocenters. The van der Waals surface area contributed by atoms with Crippen molar-refractivity contribution in [1.82, 2.24) is 10.3 Å². The molecule has 22 heavy (non-hydrogen) atoms. The van der Waals surface area contributed by atoms with Gasteiger partial charge in [0.1, 0.15) is 6.26 Å². The Morgan fingerprint density at radius 1 is 1.09 bits per heavy atom. The lowest BCUT2D eigenvalue weighted by Crippen LogP contribution is -2.39. The number of benzene rings is 1. The van der Waals surface area contributed by atoms with Crippen molar-refractivity contribution in [3.8, 4) is 11.5 Å². The smallest absolute Gasteiger partial charge is 0.226 e. The van der Waals surface area contributed by atoms with E-state index in [0.29, 0.717) is 19.0 Å². The summed E-state index contributed by atoms with van der Waals surface area (Å²) >= 11 is 0. The van der Waals surface area contributed by atoms with Crippen molar-refractivity contribution < 1.29 is 9.52 Å². The molecule has 1 saturated carbocycles. The molecule has 118 valence electrons. The van der Waals surface area contributed by atoms with Crippen molar-refractivity contribution in [2.24, 2.45) is 0 Å². The van der Waals surface area contributed by atoms with E-state index in [1.165, 1.54) is 12.8 Å². The molecule has 1 fully saturated rings. The Hall–Kier alpha value is -1.65. The van der Waals surface area contributed by atoms with Gasteiger partial charge in [-0.3, -0.25) is 0 Å². The summed E-state index contributed by atoms with van der Waals surface area (Å²) in [5, 5.41) is 13.9. The van der Waals surface area contributed by atoms with E-state index in [1.54, 1.807) is 6.26 Å². The van der Waals surface area contributed by atoms with E-state index in [1.807, 2.05) is 30.3 Å². The van der Waals surface area contributed by atoms with Gasteiger partial charge in [0.15, 0.2) is 0 Å². The molecule has 1 aliphatic carbocycles. The van der Waals surface area contributed by atoms with E-state index in [2.05, 4.69) is 10.3 Å². The zero-order chi connectivity index (χ0) is 15.3. The number of oxazole rings is 1. The van der Waals surface area contributed by atoms with Crippen LogP contribution >= 0.6 is 0 Å². The van der Waals surface area contributed by atoms with Crippen molar-refractivity contribution in [3.05, 3.63) is 42.3 Å². The van der Waals surface area contributed by atoms with Gasteiger partial charge in [-0.25, -0.2) is 4.98 Å². The predicted octanol–water partition coefficient (Wildman–Crippen LogP) is 3.52. The Balaban J connectivity index is 1.53. The van der Waals surface area contributed by atoms with Gasteiger partial charge in [-0.2, -0.15) is 0 Å². The van der Waals surface area contributed by atoms with E-state index in [0.717, 1.165) is 36.9 Å². The third kappa shape index (κ3) is 3.96. The molecular formula is C18H24N2O2. The van der Waals surface area contributed by atoms with E-state index >= 15 is 0 Å². The van der Waals surface area contributed by atoms with Crippen LogP contribution in [0.1, 0.15) is 44.2 Å². The van der Waals surface area contributed by atoms with Crippen molar-refractivity contribution in [2.45, 2.75) is 50.7 Å². The third-order valence-electron chi connectivity index (χ3n) is 4.37. The lowest BCUT2D eigenvalue weighted by molar-refractivity contribution is 0.0250. The predicted molar refractivity (Wildman–Crippen MR) is 86.3 cm³/mol. The van der Waals surface area contributed by atoms with Crippen molar-refractivity contribution in [3.63, 3.8) is 0 Å². The van der Waals surface area contributed by atoms with Crippen LogP contribution in [0.15, 0.2) is 41.0 Å². The van der Waals surface area contributed by atoms with Crippen LogP contribution in [0, 0.1) is 0 Å². The Labute approximate surface area is 131 Å². The minimum absolute atomic E-state index is 0.553.